The molecule has 0 saturated carbocycles. The van der Waals surface area contributed by atoms with Crippen LogP contribution < -0.4 is 14.8 Å². The lowest BCUT2D eigenvalue weighted by Gasteiger charge is -2.20. The number of hydrogen-bond acceptors (Lipinski definition) is 4. The van der Waals surface area contributed by atoms with E-state index in [0.717, 1.165) is 17.1 Å². The second-order valence-electron chi connectivity index (χ2n) is 4.35. The summed E-state index contributed by atoms with van der Waals surface area (Å²) in [6, 6.07) is 7.02. The molecule has 112 valence electrons. The van der Waals surface area contributed by atoms with Crippen LogP contribution in [-0.2, 0) is 0 Å². The van der Waals surface area contributed by atoms with Gasteiger partial charge in [0.2, 0.25) is 0 Å². The molecular weight excluding hydrogens is 311 g/mol. The van der Waals surface area contributed by atoms with Gasteiger partial charge >= 0.3 is 0 Å². The smallest absolute Gasteiger partial charge is 0.124 e. The van der Waals surface area contributed by atoms with Gasteiger partial charge in [-0.05, 0) is 31.3 Å². The average Bonchev–Trinajstić information content (AvgIpc) is 2.49. The van der Waals surface area contributed by atoms with Crippen LogP contribution in [0.2, 0.25) is 10.0 Å². The molecule has 0 aliphatic rings. The van der Waals surface area contributed by atoms with E-state index >= 15 is 0 Å². The Morgan fingerprint density at radius 1 is 1.14 bits per heavy atom. The fourth-order valence-corrected chi connectivity index (χ4v) is 2.63. The molecule has 1 N–H and O–H groups in total. The van der Waals surface area contributed by atoms with Crippen molar-refractivity contribution in [1.82, 2.24) is 10.3 Å². The van der Waals surface area contributed by atoms with Crippen LogP contribution in [0.3, 0.4) is 0 Å². The van der Waals surface area contributed by atoms with E-state index in [-0.39, 0.29) is 6.04 Å². The van der Waals surface area contributed by atoms with Crippen LogP contribution in [0.4, 0.5) is 0 Å². The number of halogens is 2. The van der Waals surface area contributed by atoms with Crippen molar-refractivity contribution in [3.63, 3.8) is 0 Å². The summed E-state index contributed by atoms with van der Waals surface area (Å²) < 4.78 is 10.7. The maximum Gasteiger partial charge on any atom is 0.124 e. The molecule has 0 saturated heterocycles. The zero-order valence-corrected chi connectivity index (χ0v) is 13.5. The van der Waals surface area contributed by atoms with Gasteiger partial charge < -0.3 is 14.8 Å². The first kappa shape index (κ1) is 15.9. The second kappa shape index (κ2) is 6.98. The maximum absolute atomic E-state index is 6.26. The van der Waals surface area contributed by atoms with Crippen molar-refractivity contribution in [1.29, 1.82) is 0 Å². The molecule has 1 aromatic carbocycles. The van der Waals surface area contributed by atoms with Crippen molar-refractivity contribution >= 4 is 23.2 Å². The van der Waals surface area contributed by atoms with Crippen LogP contribution in [0.15, 0.2) is 30.5 Å². The number of hydrogen-bond donors (Lipinski definition) is 1. The molecule has 1 atom stereocenters. The summed E-state index contributed by atoms with van der Waals surface area (Å²) >= 11 is 12.2. The summed E-state index contributed by atoms with van der Waals surface area (Å²) in [5.41, 5.74) is 1.56. The Balaban J connectivity index is 2.54. The zero-order valence-electron chi connectivity index (χ0n) is 12.0. The van der Waals surface area contributed by atoms with E-state index in [9.17, 15) is 0 Å². The molecule has 1 aromatic heterocycles. The molecule has 0 amide bonds. The number of pyridine rings is 1. The molecule has 0 aliphatic carbocycles. The first-order valence-electron chi connectivity index (χ1n) is 6.30. The topological polar surface area (TPSA) is 43.4 Å². The summed E-state index contributed by atoms with van der Waals surface area (Å²) in [5, 5.41) is 4.18. The van der Waals surface area contributed by atoms with Crippen LogP contribution in [0.25, 0.3) is 0 Å². The molecule has 4 nitrogen and oxygen atoms in total. The summed E-state index contributed by atoms with van der Waals surface area (Å²) in [5.74, 6) is 1.46. The van der Waals surface area contributed by atoms with E-state index in [4.69, 9.17) is 32.7 Å². The van der Waals surface area contributed by atoms with Crippen molar-refractivity contribution in [3.05, 3.63) is 51.8 Å². The molecule has 6 heteroatoms. The highest BCUT2D eigenvalue weighted by Gasteiger charge is 2.21. The number of benzene rings is 1. The third-order valence-corrected chi connectivity index (χ3v) is 3.66. The Morgan fingerprint density at radius 3 is 2.48 bits per heavy atom. The molecule has 0 fully saturated rings. The van der Waals surface area contributed by atoms with E-state index in [1.807, 2.05) is 25.2 Å². The Morgan fingerprint density at radius 2 is 1.90 bits per heavy atom. The fraction of sp³-hybridized carbons (Fsp3) is 0.267. The number of ether oxygens (including phenoxy) is 2. The quantitative estimate of drug-likeness (QED) is 0.909. The lowest BCUT2D eigenvalue weighted by Crippen LogP contribution is -2.20. The minimum atomic E-state index is -0.236. The van der Waals surface area contributed by atoms with Crippen molar-refractivity contribution in [2.75, 3.05) is 21.3 Å². The standard InChI is InChI=1S/C15H16Cl2N2O2/c1-18-14(15-12(17)6-9(16)8-19-15)11-7-10(20-2)4-5-13(11)21-3/h4-8,14,18H,1-3H3. The highest BCUT2D eigenvalue weighted by atomic mass is 35.5. The monoisotopic (exact) mass is 326 g/mol. The highest BCUT2D eigenvalue weighted by molar-refractivity contribution is 6.34. The minimum Gasteiger partial charge on any atom is -0.497 e. The predicted molar refractivity (Wildman–Crippen MR) is 84.7 cm³/mol. The van der Waals surface area contributed by atoms with Gasteiger partial charge in [0, 0.05) is 11.8 Å². The maximum atomic E-state index is 6.26. The van der Waals surface area contributed by atoms with Gasteiger partial charge in [0.05, 0.1) is 36.0 Å². The Hall–Kier alpha value is -1.49. The van der Waals surface area contributed by atoms with Gasteiger partial charge in [-0.15, -0.1) is 0 Å². The fourth-order valence-electron chi connectivity index (χ4n) is 2.14. The van der Waals surface area contributed by atoms with E-state index in [1.165, 1.54) is 0 Å². The van der Waals surface area contributed by atoms with Gasteiger partial charge in [0.15, 0.2) is 0 Å². The largest absolute Gasteiger partial charge is 0.497 e. The second-order valence-corrected chi connectivity index (χ2v) is 5.19. The molecule has 0 spiro atoms. The van der Waals surface area contributed by atoms with Crippen LogP contribution in [0, 0.1) is 0 Å². The Bertz CT molecular complexity index is 635. The first-order chi connectivity index (χ1) is 10.1. The third-order valence-electron chi connectivity index (χ3n) is 3.15. The molecular formula is C15H16Cl2N2O2. The number of nitrogens with one attached hydrogen (secondary N) is 1. The normalized spacial score (nSPS) is 12.0. The van der Waals surface area contributed by atoms with Crippen molar-refractivity contribution in [3.8, 4) is 11.5 Å². The molecule has 0 bridgehead atoms. The van der Waals surface area contributed by atoms with Crippen LogP contribution >= 0.6 is 23.2 Å². The van der Waals surface area contributed by atoms with Crippen molar-refractivity contribution in [2.24, 2.45) is 0 Å². The van der Waals surface area contributed by atoms with Gasteiger partial charge in [-0.25, -0.2) is 0 Å². The summed E-state index contributed by atoms with van der Waals surface area (Å²) in [6.07, 6.45) is 1.57. The molecule has 21 heavy (non-hydrogen) atoms. The highest BCUT2D eigenvalue weighted by Crippen LogP contribution is 2.35. The summed E-state index contributed by atoms with van der Waals surface area (Å²) in [6.45, 7) is 0. The van der Waals surface area contributed by atoms with E-state index in [1.54, 1.807) is 26.5 Å². The van der Waals surface area contributed by atoms with Crippen LogP contribution in [-0.4, -0.2) is 26.3 Å². The number of rotatable bonds is 5. The molecule has 2 rings (SSSR count). The Labute approximate surface area is 134 Å². The van der Waals surface area contributed by atoms with Gasteiger partial charge in [0.25, 0.3) is 0 Å². The zero-order chi connectivity index (χ0) is 15.4. The number of methoxy groups -OCH3 is 2. The van der Waals surface area contributed by atoms with Crippen molar-refractivity contribution < 1.29 is 9.47 Å². The molecule has 0 radical (unpaired) electrons. The first-order valence-corrected chi connectivity index (χ1v) is 7.06. The third kappa shape index (κ3) is 3.40. The summed E-state index contributed by atoms with van der Waals surface area (Å²) in [7, 11) is 5.07. The lowest BCUT2D eigenvalue weighted by molar-refractivity contribution is 0.394. The lowest BCUT2D eigenvalue weighted by atomic mass is 10.0. The number of aromatic nitrogens is 1. The van der Waals surface area contributed by atoms with Crippen LogP contribution in [0.1, 0.15) is 17.3 Å². The molecule has 1 heterocycles. The van der Waals surface area contributed by atoms with E-state index in [0.29, 0.717) is 15.7 Å². The van der Waals surface area contributed by atoms with Gasteiger partial charge in [-0.2, -0.15) is 0 Å². The minimum absolute atomic E-state index is 0.236. The van der Waals surface area contributed by atoms with E-state index in [2.05, 4.69) is 10.3 Å². The molecule has 2 aromatic rings. The Kier molecular flexibility index (Phi) is 5.28. The van der Waals surface area contributed by atoms with Crippen molar-refractivity contribution in [2.45, 2.75) is 6.04 Å². The average molecular weight is 327 g/mol. The SMILES string of the molecule is CNC(c1cc(OC)ccc1OC)c1ncc(Cl)cc1Cl. The van der Waals surface area contributed by atoms with Gasteiger partial charge in [-0.3, -0.25) is 4.98 Å². The predicted octanol–water partition coefficient (Wildman–Crippen LogP) is 3.71. The van der Waals surface area contributed by atoms with Crippen LogP contribution in [0.5, 0.6) is 11.5 Å². The molecule has 0 aliphatic heterocycles. The number of nitrogens with zero attached hydrogens (tertiary/aromatic N) is 1. The van der Waals surface area contributed by atoms with Gasteiger partial charge in [0.1, 0.15) is 11.5 Å². The van der Waals surface area contributed by atoms with Gasteiger partial charge in [-0.1, -0.05) is 23.2 Å². The van der Waals surface area contributed by atoms with E-state index < -0.39 is 0 Å². The summed E-state index contributed by atoms with van der Waals surface area (Å²) in [4.78, 5) is 4.33. The molecule has 1 unspecified atom stereocenters.